The highest BCUT2D eigenvalue weighted by Gasteiger charge is 2.21. The maximum Gasteiger partial charge on any atom is 0.228 e. The molecule has 1 aromatic heterocycles. The second kappa shape index (κ2) is 3.94. The molecule has 3 nitrogen and oxygen atoms in total. The van der Waals surface area contributed by atoms with Crippen LogP contribution < -0.4 is 4.74 Å². The van der Waals surface area contributed by atoms with Gasteiger partial charge in [-0.25, -0.2) is 4.98 Å². The summed E-state index contributed by atoms with van der Waals surface area (Å²) in [5, 5.41) is 0. The van der Waals surface area contributed by atoms with E-state index in [0.717, 1.165) is 8.95 Å². The summed E-state index contributed by atoms with van der Waals surface area (Å²) in [5.41, 5.74) is 0. The Morgan fingerprint density at radius 3 is 2.77 bits per heavy atom. The summed E-state index contributed by atoms with van der Waals surface area (Å²) in [4.78, 5) is 4.13. The van der Waals surface area contributed by atoms with Crippen molar-refractivity contribution in [3.63, 3.8) is 0 Å². The molecule has 0 spiro atoms. The lowest BCUT2D eigenvalue weighted by Gasteiger charge is -2.26. The lowest BCUT2D eigenvalue weighted by molar-refractivity contribution is -0.0816. The topological polar surface area (TPSA) is 31.4 Å². The van der Waals surface area contributed by atoms with Gasteiger partial charge in [0, 0.05) is 10.7 Å². The minimum Gasteiger partial charge on any atom is -0.469 e. The number of rotatable bonds is 2. The molecule has 1 aromatic rings. The molecule has 2 heterocycles. The number of aromatic nitrogens is 1. The van der Waals surface area contributed by atoms with Gasteiger partial charge in [0.15, 0.2) is 0 Å². The Balaban J connectivity index is 2.10. The van der Waals surface area contributed by atoms with Crippen LogP contribution in [-0.2, 0) is 4.74 Å². The quantitative estimate of drug-likeness (QED) is 0.840. The van der Waals surface area contributed by atoms with Gasteiger partial charge in [0.25, 0.3) is 0 Å². The largest absolute Gasteiger partial charge is 0.469 e. The minimum atomic E-state index is 0.157. The van der Waals surface area contributed by atoms with Crippen LogP contribution in [0.25, 0.3) is 0 Å². The first-order chi connectivity index (χ1) is 6.25. The van der Waals surface area contributed by atoms with Gasteiger partial charge in [0.2, 0.25) is 5.88 Å². The fourth-order valence-corrected chi connectivity index (χ4v) is 2.01. The standard InChI is InChI=1S/C8H7Br2NO2/c9-5-1-7(10)8(11-2-5)13-6-3-12-4-6/h1-2,6H,3-4H2. The number of hydrogen-bond acceptors (Lipinski definition) is 3. The van der Waals surface area contributed by atoms with Crippen molar-refractivity contribution < 1.29 is 9.47 Å². The molecule has 0 aliphatic carbocycles. The third kappa shape index (κ3) is 2.21. The summed E-state index contributed by atoms with van der Waals surface area (Å²) in [7, 11) is 0. The Kier molecular flexibility index (Phi) is 2.86. The van der Waals surface area contributed by atoms with Crippen molar-refractivity contribution in [2.75, 3.05) is 13.2 Å². The summed E-state index contributed by atoms with van der Waals surface area (Å²) in [6.45, 7) is 1.31. The minimum absolute atomic E-state index is 0.157. The van der Waals surface area contributed by atoms with Gasteiger partial charge in [-0.1, -0.05) is 0 Å². The fourth-order valence-electron chi connectivity index (χ4n) is 0.929. The van der Waals surface area contributed by atoms with Crippen molar-refractivity contribution >= 4 is 31.9 Å². The van der Waals surface area contributed by atoms with E-state index in [1.165, 1.54) is 0 Å². The number of nitrogens with zero attached hydrogens (tertiary/aromatic N) is 1. The Morgan fingerprint density at radius 1 is 1.46 bits per heavy atom. The summed E-state index contributed by atoms with van der Waals surface area (Å²) in [6.07, 6.45) is 1.87. The molecule has 0 unspecified atom stereocenters. The van der Waals surface area contributed by atoms with Crippen LogP contribution in [0.4, 0.5) is 0 Å². The molecule has 0 bridgehead atoms. The average Bonchev–Trinajstić information content (AvgIpc) is 1.99. The van der Waals surface area contributed by atoms with Crippen molar-refractivity contribution in [1.29, 1.82) is 0 Å². The zero-order valence-corrected chi connectivity index (χ0v) is 9.84. The number of halogens is 2. The van der Waals surface area contributed by atoms with E-state index < -0.39 is 0 Å². The van der Waals surface area contributed by atoms with E-state index in [1.807, 2.05) is 6.07 Å². The second-order valence-electron chi connectivity index (χ2n) is 2.72. The molecule has 2 rings (SSSR count). The van der Waals surface area contributed by atoms with Crippen LogP contribution in [0.3, 0.4) is 0 Å². The van der Waals surface area contributed by atoms with E-state index >= 15 is 0 Å². The summed E-state index contributed by atoms with van der Waals surface area (Å²) in [5.74, 6) is 0.622. The summed E-state index contributed by atoms with van der Waals surface area (Å²) >= 11 is 6.69. The van der Waals surface area contributed by atoms with Crippen LogP contribution in [0, 0.1) is 0 Å². The molecule has 0 aromatic carbocycles. The van der Waals surface area contributed by atoms with Gasteiger partial charge in [-0.15, -0.1) is 0 Å². The Hall–Kier alpha value is -0.130. The lowest BCUT2D eigenvalue weighted by Crippen LogP contribution is -2.38. The van der Waals surface area contributed by atoms with Gasteiger partial charge in [-0.3, -0.25) is 0 Å². The van der Waals surface area contributed by atoms with Gasteiger partial charge in [-0.2, -0.15) is 0 Å². The number of pyridine rings is 1. The van der Waals surface area contributed by atoms with Crippen LogP contribution in [0.2, 0.25) is 0 Å². The van der Waals surface area contributed by atoms with Crippen molar-refractivity contribution in [3.05, 3.63) is 21.2 Å². The predicted octanol–water partition coefficient (Wildman–Crippen LogP) is 2.38. The van der Waals surface area contributed by atoms with Crippen LogP contribution in [-0.4, -0.2) is 24.3 Å². The molecule has 1 aliphatic rings. The Morgan fingerprint density at radius 2 is 2.23 bits per heavy atom. The van der Waals surface area contributed by atoms with E-state index in [9.17, 15) is 0 Å². The van der Waals surface area contributed by atoms with Crippen LogP contribution >= 0.6 is 31.9 Å². The zero-order valence-electron chi connectivity index (χ0n) is 6.67. The molecule has 13 heavy (non-hydrogen) atoms. The van der Waals surface area contributed by atoms with Crippen molar-refractivity contribution in [1.82, 2.24) is 4.98 Å². The van der Waals surface area contributed by atoms with Crippen molar-refractivity contribution in [2.45, 2.75) is 6.10 Å². The van der Waals surface area contributed by atoms with E-state index in [-0.39, 0.29) is 6.10 Å². The molecular formula is C8H7Br2NO2. The Bertz CT molecular complexity index is 315. The van der Waals surface area contributed by atoms with Crippen LogP contribution in [0.5, 0.6) is 5.88 Å². The lowest BCUT2D eigenvalue weighted by atomic mass is 10.3. The van der Waals surface area contributed by atoms with Gasteiger partial charge in [-0.05, 0) is 37.9 Å². The fraction of sp³-hybridized carbons (Fsp3) is 0.375. The van der Waals surface area contributed by atoms with Gasteiger partial charge >= 0.3 is 0 Å². The second-order valence-corrected chi connectivity index (χ2v) is 4.49. The first-order valence-electron chi connectivity index (χ1n) is 3.81. The molecule has 1 saturated heterocycles. The SMILES string of the molecule is Brc1cnc(OC2COC2)c(Br)c1. The maximum absolute atomic E-state index is 5.53. The molecule has 0 atom stereocenters. The van der Waals surface area contributed by atoms with Crippen molar-refractivity contribution in [3.8, 4) is 5.88 Å². The summed E-state index contributed by atoms with van der Waals surface area (Å²) in [6, 6.07) is 1.90. The van der Waals surface area contributed by atoms with E-state index in [1.54, 1.807) is 6.20 Å². The Labute approximate surface area is 92.7 Å². The first kappa shape index (κ1) is 9.43. The molecule has 5 heteroatoms. The molecule has 1 aliphatic heterocycles. The molecule has 0 amide bonds. The molecule has 1 fully saturated rings. The molecule has 70 valence electrons. The van der Waals surface area contributed by atoms with Gasteiger partial charge in [0.1, 0.15) is 6.10 Å². The number of ether oxygens (including phenoxy) is 2. The highest BCUT2D eigenvalue weighted by Crippen LogP contribution is 2.26. The third-order valence-electron chi connectivity index (χ3n) is 1.66. The highest BCUT2D eigenvalue weighted by molar-refractivity contribution is 9.11. The first-order valence-corrected chi connectivity index (χ1v) is 5.40. The average molecular weight is 309 g/mol. The normalized spacial score (nSPS) is 16.8. The van der Waals surface area contributed by atoms with E-state index in [0.29, 0.717) is 19.1 Å². The molecule has 0 radical (unpaired) electrons. The van der Waals surface area contributed by atoms with Gasteiger partial charge in [0.05, 0.1) is 17.7 Å². The van der Waals surface area contributed by atoms with Crippen molar-refractivity contribution in [2.24, 2.45) is 0 Å². The van der Waals surface area contributed by atoms with Crippen LogP contribution in [0.15, 0.2) is 21.2 Å². The maximum atomic E-state index is 5.53. The zero-order chi connectivity index (χ0) is 9.26. The monoisotopic (exact) mass is 307 g/mol. The van der Waals surface area contributed by atoms with E-state index in [2.05, 4.69) is 36.8 Å². The van der Waals surface area contributed by atoms with Gasteiger partial charge < -0.3 is 9.47 Å². The molecular weight excluding hydrogens is 302 g/mol. The van der Waals surface area contributed by atoms with Crippen LogP contribution in [0.1, 0.15) is 0 Å². The third-order valence-corrected chi connectivity index (χ3v) is 2.66. The van der Waals surface area contributed by atoms with E-state index in [4.69, 9.17) is 9.47 Å². The number of hydrogen-bond donors (Lipinski definition) is 0. The highest BCUT2D eigenvalue weighted by atomic mass is 79.9. The molecule has 0 saturated carbocycles. The smallest absolute Gasteiger partial charge is 0.228 e. The summed E-state index contributed by atoms with van der Waals surface area (Å²) < 4.78 is 12.3. The molecule has 0 N–H and O–H groups in total. The predicted molar refractivity (Wildman–Crippen MR) is 54.9 cm³/mol.